The highest BCUT2D eigenvalue weighted by Crippen LogP contribution is 2.31. The van der Waals surface area contributed by atoms with Gasteiger partial charge in [0.1, 0.15) is 18.2 Å². The van der Waals surface area contributed by atoms with Gasteiger partial charge in [-0.2, -0.15) is 0 Å². The Morgan fingerprint density at radius 1 is 0.886 bits per heavy atom. The first-order valence-corrected chi connectivity index (χ1v) is 10.7. The summed E-state index contributed by atoms with van der Waals surface area (Å²) < 4.78 is 20.7. The van der Waals surface area contributed by atoms with Crippen molar-refractivity contribution < 1.29 is 28.5 Å². The summed E-state index contributed by atoms with van der Waals surface area (Å²) in [4.78, 5) is 26.0. The number of esters is 1. The van der Waals surface area contributed by atoms with Gasteiger partial charge in [0.05, 0.1) is 17.7 Å². The van der Waals surface area contributed by atoms with E-state index in [-0.39, 0.29) is 18.2 Å². The van der Waals surface area contributed by atoms with Gasteiger partial charge < -0.3 is 30.0 Å². The smallest absolute Gasteiger partial charge is 0.340 e. The number of carbonyl (C=O) groups excluding carboxylic acids is 2. The van der Waals surface area contributed by atoms with E-state index in [0.717, 1.165) is 0 Å². The zero-order chi connectivity index (χ0) is 25.2. The number of amidine groups is 1. The van der Waals surface area contributed by atoms with Crippen molar-refractivity contribution >= 4 is 23.4 Å². The lowest BCUT2D eigenvalue weighted by Gasteiger charge is -2.16. The Kier molecular flexibility index (Phi) is 8.94. The molecule has 0 atom stereocenters. The van der Waals surface area contributed by atoms with Crippen LogP contribution in [-0.4, -0.2) is 51.9 Å². The molecule has 0 heterocycles. The topological polar surface area (TPSA) is 133 Å². The molecule has 3 rings (SSSR count). The van der Waals surface area contributed by atoms with E-state index in [1.807, 2.05) is 0 Å². The number of nitrogens with one attached hydrogen (secondary N) is 2. The predicted molar refractivity (Wildman–Crippen MR) is 132 cm³/mol. The number of methoxy groups -OCH3 is 2. The summed E-state index contributed by atoms with van der Waals surface area (Å²) in [6.07, 6.45) is 0. The van der Waals surface area contributed by atoms with Gasteiger partial charge >= 0.3 is 5.97 Å². The molecule has 3 aromatic carbocycles. The van der Waals surface area contributed by atoms with E-state index in [4.69, 9.17) is 30.1 Å². The van der Waals surface area contributed by atoms with Gasteiger partial charge in [-0.25, -0.2) is 4.79 Å². The number of carbonyl (C=O) groups is 2. The van der Waals surface area contributed by atoms with Crippen LogP contribution in [-0.2, 0) is 14.2 Å². The van der Waals surface area contributed by atoms with Crippen molar-refractivity contribution in [3.05, 3.63) is 83.4 Å². The molecule has 1 amide bonds. The molecular weight excluding hydrogens is 450 g/mol. The van der Waals surface area contributed by atoms with E-state index in [1.165, 1.54) is 7.11 Å². The van der Waals surface area contributed by atoms with Crippen molar-refractivity contribution in [2.45, 2.75) is 0 Å². The zero-order valence-electron chi connectivity index (χ0n) is 19.5. The fraction of sp³-hybridized carbons (Fsp3) is 0.192. The number of hydrogen-bond donors (Lipinski definition) is 3. The van der Waals surface area contributed by atoms with E-state index in [9.17, 15) is 9.59 Å². The van der Waals surface area contributed by atoms with Crippen molar-refractivity contribution in [1.29, 1.82) is 5.41 Å². The summed E-state index contributed by atoms with van der Waals surface area (Å²) in [6.45, 7) is 0.506. The quantitative estimate of drug-likeness (QED) is 0.126. The van der Waals surface area contributed by atoms with E-state index in [2.05, 4.69) is 5.32 Å². The first kappa shape index (κ1) is 25.4. The van der Waals surface area contributed by atoms with Gasteiger partial charge in [0.15, 0.2) is 6.79 Å². The lowest BCUT2D eigenvalue weighted by atomic mass is 9.94. The molecule has 0 aromatic heterocycles. The third-order valence-electron chi connectivity index (χ3n) is 4.99. The third-order valence-corrected chi connectivity index (χ3v) is 4.99. The molecule has 0 saturated carbocycles. The Balaban J connectivity index is 2.00. The van der Waals surface area contributed by atoms with Crippen LogP contribution < -0.4 is 15.8 Å². The van der Waals surface area contributed by atoms with Gasteiger partial charge in [-0.3, -0.25) is 10.2 Å². The minimum atomic E-state index is -0.575. The summed E-state index contributed by atoms with van der Waals surface area (Å²) in [5.41, 5.74) is 8.19. The molecule has 35 heavy (non-hydrogen) atoms. The summed E-state index contributed by atoms with van der Waals surface area (Å²) in [6, 6.07) is 18.5. The van der Waals surface area contributed by atoms with Gasteiger partial charge in [0, 0.05) is 25.5 Å². The highest BCUT2D eigenvalue weighted by atomic mass is 16.7. The Bertz CT molecular complexity index is 1190. The van der Waals surface area contributed by atoms with E-state index >= 15 is 0 Å². The fourth-order valence-corrected chi connectivity index (χ4v) is 3.30. The molecule has 0 bridgehead atoms. The zero-order valence-corrected chi connectivity index (χ0v) is 19.5. The minimum absolute atomic E-state index is 0.0666. The lowest BCUT2D eigenvalue weighted by Crippen LogP contribution is -2.16. The number of ether oxygens (including phenoxy) is 4. The van der Waals surface area contributed by atoms with E-state index < -0.39 is 11.9 Å². The van der Waals surface area contributed by atoms with E-state index in [1.54, 1.807) is 73.8 Å². The lowest BCUT2D eigenvalue weighted by molar-refractivity contribution is -0.0124. The second kappa shape index (κ2) is 12.3. The summed E-state index contributed by atoms with van der Waals surface area (Å²) in [5, 5.41) is 10.4. The number of anilines is 1. The largest absolute Gasteiger partial charge is 0.491 e. The molecule has 0 aliphatic carbocycles. The molecule has 0 aliphatic heterocycles. The number of rotatable bonds is 11. The summed E-state index contributed by atoms with van der Waals surface area (Å²) in [5.74, 6) is -0.577. The van der Waals surface area contributed by atoms with Crippen LogP contribution in [0.1, 0.15) is 26.3 Å². The molecule has 3 aromatic rings. The first-order valence-electron chi connectivity index (χ1n) is 10.7. The highest BCUT2D eigenvalue weighted by Gasteiger charge is 2.20. The Morgan fingerprint density at radius 3 is 2.29 bits per heavy atom. The van der Waals surface area contributed by atoms with Crippen molar-refractivity contribution in [2.24, 2.45) is 5.73 Å². The second-order valence-corrected chi connectivity index (χ2v) is 7.38. The number of hydrogen-bond acceptors (Lipinski definition) is 7. The molecule has 4 N–H and O–H groups in total. The van der Waals surface area contributed by atoms with Crippen LogP contribution in [0, 0.1) is 5.41 Å². The maximum Gasteiger partial charge on any atom is 0.340 e. The molecule has 0 aliphatic rings. The Morgan fingerprint density at radius 2 is 1.60 bits per heavy atom. The fourth-order valence-electron chi connectivity index (χ4n) is 3.30. The monoisotopic (exact) mass is 477 g/mol. The van der Waals surface area contributed by atoms with Crippen LogP contribution in [0.4, 0.5) is 5.69 Å². The maximum absolute atomic E-state index is 13.4. The van der Waals surface area contributed by atoms with Crippen molar-refractivity contribution in [3.63, 3.8) is 0 Å². The minimum Gasteiger partial charge on any atom is -0.491 e. The molecule has 0 unspecified atom stereocenters. The molecule has 182 valence electrons. The number of amides is 1. The van der Waals surface area contributed by atoms with E-state index in [0.29, 0.717) is 46.9 Å². The standard InChI is InChI=1S/C26H27N3O6/c1-32-13-14-34-19-11-12-21(20-5-3-4-6-22(20)26(31)35-16-33-2)23(15-19)25(30)29-18-9-7-17(8-10-18)24(27)28/h3-12,15H,13-14,16H2,1-2H3,(H3,27,28)(H,29,30). The molecule has 9 heteroatoms. The molecule has 9 nitrogen and oxygen atoms in total. The highest BCUT2D eigenvalue weighted by molar-refractivity contribution is 6.11. The average Bonchev–Trinajstić information content (AvgIpc) is 2.87. The van der Waals surface area contributed by atoms with Gasteiger partial charge in [0.2, 0.25) is 0 Å². The molecule has 0 saturated heterocycles. The van der Waals surface area contributed by atoms with Gasteiger partial charge in [-0.15, -0.1) is 0 Å². The molecule has 0 fully saturated rings. The third kappa shape index (κ3) is 6.66. The maximum atomic E-state index is 13.4. The second-order valence-electron chi connectivity index (χ2n) is 7.38. The summed E-state index contributed by atoms with van der Waals surface area (Å²) in [7, 11) is 3.00. The van der Waals surface area contributed by atoms with Crippen molar-refractivity contribution in [1.82, 2.24) is 0 Å². The first-order chi connectivity index (χ1) is 16.9. The van der Waals surface area contributed by atoms with Crippen molar-refractivity contribution in [3.8, 4) is 16.9 Å². The van der Waals surface area contributed by atoms with Crippen LogP contribution in [0.3, 0.4) is 0 Å². The summed E-state index contributed by atoms with van der Waals surface area (Å²) >= 11 is 0. The van der Waals surface area contributed by atoms with Crippen molar-refractivity contribution in [2.75, 3.05) is 39.5 Å². The van der Waals surface area contributed by atoms with Crippen LogP contribution in [0.5, 0.6) is 5.75 Å². The molecular formula is C26H27N3O6. The van der Waals surface area contributed by atoms with Gasteiger partial charge in [0.25, 0.3) is 5.91 Å². The Labute approximate surface area is 203 Å². The number of nitrogen functional groups attached to an aromatic ring is 1. The number of nitrogens with two attached hydrogens (primary N) is 1. The van der Waals surface area contributed by atoms with Crippen LogP contribution >= 0.6 is 0 Å². The van der Waals surface area contributed by atoms with Crippen LogP contribution in [0.25, 0.3) is 11.1 Å². The Hall–Kier alpha value is -4.21. The van der Waals surface area contributed by atoms with Crippen LogP contribution in [0.2, 0.25) is 0 Å². The van der Waals surface area contributed by atoms with Crippen LogP contribution in [0.15, 0.2) is 66.7 Å². The van der Waals surface area contributed by atoms with Gasteiger partial charge in [-0.1, -0.05) is 18.2 Å². The molecule has 0 spiro atoms. The molecule has 0 radical (unpaired) electrons. The average molecular weight is 478 g/mol. The predicted octanol–water partition coefficient (Wildman–Crippen LogP) is 3.68. The SMILES string of the molecule is COCCOc1ccc(-c2ccccc2C(=O)OCOC)c(C(=O)Nc2ccc(C(=N)N)cc2)c1. The van der Waals surface area contributed by atoms with Gasteiger partial charge in [-0.05, 0) is 59.7 Å². The number of benzene rings is 3. The normalized spacial score (nSPS) is 10.5.